The predicted octanol–water partition coefficient (Wildman–Crippen LogP) is 4.92. The summed E-state index contributed by atoms with van der Waals surface area (Å²) >= 11 is 5.81. The van der Waals surface area contributed by atoms with Crippen LogP contribution in [0.25, 0.3) is 0 Å². The molecule has 0 aliphatic rings. The molecule has 0 heterocycles. The van der Waals surface area contributed by atoms with Gasteiger partial charge in [-0.25, -0.2) is 22.8 Å². The van der Waals surface area contributed by atoms with Gasteiger partial charge in [0.25, 0.3) is 5.91 Å². The molecule has 2 aromatic rings. The van der Waals surface area contributed by atoms with E-state index in [1.165, 1.54) is 34.6 Å². The molecule has 0 radical (unpaired) electrons. The fourth-order valence-corrected chi connectivity index (χ4v) is 5.01. The third-order valence-electron chi connectivity index (χ3n) is 5.57. The van der Waals surface area contributed by atoms with E-state index >= 15 is 0 Å². The molecule has 2 N–H and O–H groups in total. The number of likely N-dealkylation sites (N-methyl/N-ethyl adjacent to an activating group) is 1. The number of nitrogens with zero attached hydrogens (tertiary/aromatic N) is 2. The van der Waals surface area contributed by atoms with Gasteiger partial charge < -0.3 is 9.64 Å². The fourth-order valence-electron chi connectivity index (χ4n) is 3.69. The molecule has 0 fully saturated rings. The van der Waals surface area contributed by atoms with Gasteiger partial charge in [0.15, 0.2) is 17.4 Å². The summed E-state index contributed by atoms with van der Waals surface area (Å²) in [5.41, 5.74) is 1.45. The number of hydrogen-bond donors (Lipinski definition) is 2. The lowest BCUT2D eigenvalue weighted by Gasteiger charge is -2.27. The molecule has 0 bridgehead atoms. The Labute approximate surface area is 223 Å². The first kappa shape index (κ1) is 30.6. The second-order valence-corrected chi connectivity index (χ2v) is 10.4. The normalized spacial score (nSPS) is 12.0. The number of carbonyl (C=O) groups is 2. The maximum atomic E-state index is 14.8. The summed E-state index contributed by atoms with van der Waals surface area (Å²) in [6.07, 6.45) is 3.18. The second-order valence-electron chi connectivity index (χ2n) is 8.45. The van der Waals surface area contributed by atoms with Crippen molar-refractivity contribution in [3.63, 3.8) is 0 Å². The van der Waals surface area contributed by atoms with Gasteiger partial charge in [-0.05, 0) is 49.2 Å². The lowest BCUT2D eigenvalue weighted by atomic mass is 9.97. The van der Waals surface area contributed by atoms with Crippen molar-refractivity contribution in [1.29, 1.82) is 0 Å². The van der Waals surface area contributed by atoms with Crippen LogP contribution in [0.2, 0.25) is 5.02 Å². The summed E-state index contributed by atoms with van der Waals surface area (Å²) in [4.78, 5) is 25.9. The van der Waals surface area contributed by atoms with E-state index in [0.29, 0.717) is 5.02 Å². The van der Waals surface area contributed by atoms with Crippen LogP contribution in [0.4, 0.5) is 8.78 Å². The van der Waals surface area contributed by atoms with Gasteiger partial charge in [-0.1, -0.05) is 38.3 Å². The van der Waals surface area contributed by atoms with Crippen LogP contribution in [-0.2, 0) is 20.6 Å². The number of benzene rings is 2. The van der Waals surface area contributed by atoms with Gasteiger partial charge >= 0.3 is 0 Å². The van der Waals surface area contributed by atoms with Crippen molar-refractivity contribution in [3.8, 4) is 11.5 Å². The van der Waals surface area contributed by atoms with Gasteiger partial charge in [0.1, 0.15) is 16.7 Å². The van der Waals surface area contributed by atoms with Crippen LogP contribution in [0.15, 0.2) is 41.3 Å². The van der Waals surface area contributed by atoms with Gasteiger partial charge in [-0.3, -0.25) is 14.8 Å². The number of hydroxylamine groups is 1. The van der Waals surface area contributed by atoms with Crippen molar-refractivity contribution in [2.45, 2.75) is 44.4 Å². The Kier molecular flexibility index (Phi) is 12.4. The highest BCUT2D eigenvalue weighted by Gasteiger charge is 2.25. The van der Waals surface area contributed by atoms with Crippen LogP contribution in [0.5, 0.6) is 11.5 Å². The van der Waals surface area contributed by atoms with E-state index in [9.17, 15) is 22.6 Å². The molecule has 2 rings (SSSR count). The third kappa shape index (κ3) is 9.03. The molecule has 0 spiro atoms. The first-order valence-corrected chi connectivity index (χ1v) is 13.4. The van der Waals surface area contributed by atoms with Crippen LogP contribution < -0.4 is 10.2 Å². The number of ether oxygens (including phenoxy) is 1. The van der Waals surface area contributed by atoms with Crippen LogP contribution in [0.3, 0.4) is 0 Å². The molecule has 12 heteroatoms. The number of nitrogens with one attached hydrogen (secondary N) is 1. The Bertz CT molecular complexity index is 1060. The van der Waals surface area contributed by atoms with Crippen LogP contribution in [0.1, 0.15) is 39.5 Å². The number of halogens is 3. The first-order valence-electron chi connectivity index (χ1n) is 11.9. The predicted molar refractivity (Wildman–Crippen MR) is 137 cm³/mol. The summed E-state index contributed by atoms with van der Waals surface area (Å²) in [6.45, 7) is 3.51. The molecule has 204 valence electrons. The van der Waals surface area contributed by atoms with E-state index in [1.807, 2.05) is 13.8 Å². The van der Waals surface area contributed by atoms with Gasteiger partial charge in [-0.2, -0.15) is 0 Å². The fraction of sp³-hybridized carbons (Fsp3) is 0.440. The van der Waals surface area contributed by atoms with E-state index in [0.717, 1.165) is 42.1 Å². The smallest absolute Gasteiger partial charge is 0.258 e. The highest BCUT2D eigenvalue weighted by molar-refractivity contribution is 7.82. The zero-order chi connectivity index (χ0) is 27.5. The number of rotatable bonds is 14. The van der Waals surface area contributed by atoms with E-state index in [2.05, 4.69) is 0 Å². The highest BCUT2D eigenvalue weighted by atomic mass is 35.5. The SMILES string of the molecule is CCCC(CCC)C(=O)N(C)CCN(CC(=O)NO)S(=O)c1cc(F)c(Oc2ccc(Cl)cc2)c(F)c1. The average Bonchev–Trinajstić information content (AvgIpc) is 2.88. The van der Waals surface area contributed by atoms with Crippen molar-refractivity contribution < 1.29 is 32.5 Å². The molecule has 0 aromatic heterocycles. The molecule has 2 amide bonds. The summed E-state index contributed by atoms with van der Waals surface area (Å²) in [7, 11) is -0.591. The summed E-state index contributed by atoms with van der Waals surface area (Å²) in [5, 5.41) is 9.36. The molecule has 1 atom stereocenters. The molecule has 0 aliphatic carbocycles. The summed E-state index contributed by atoms with van der Waals surface area (Å²) in [5.74, 6) is -3.82. The Morgan fingerprint density at radius 1 is 1.08 bits per heavy atom. The van der Waals surface area contributed by atoms with Gasteiger partial charge in [-0.15, -0.1) is 0 Å². The quantitative estimate of drug-likeness (QED) is 0.253. The topological polar surface area (TPSA) is 99.2 Å². The van der Waals surface area contributed by atoms with Crippen LogP contribution in [-0.4, -0.2) is 57.1 Å². The molecular formula is C25H32ClF2N3O5S. The van der Waals surface area contributed by atoms with Crippen molar-refractivity contribution in [3.05, 3.63) is 53.1 Å². The summed E-state index contributed by atoms with van der Waals surface area (Å²) < 4.78 is 49.1. The second kappa shape index (κ2) is 15.0. The third-order valence-corrected chi connectivity index (χ3v) is 7.24. The van der Waals surface area contributed by atoms with E-state index in [1.54, 1.807) is 7.05 Å². The van der Waals surface area contributed by atoms with Crippen LogP contribution in [0, 0.1) is 17.6 Å². The maximum Gasteiger partial charge on any atom is 0.258 e. The molecule has 0 saturated heterocycles. The molecule has 0 aliphatic heterocycles. The molecule has 1 unspecified atom stereocenters. The zero-order valence-corrected chi connectivity index (χ0v) is 22.6. The monoisotopic (exact) mass is 559 g/mol. The van der Waals surface area contributed by atoms with Crippen molar-refractivity contribution in [2.75, 3.05) is 26.7 Å². The van der Waals surface area contributed by atoms with E-state index < -0.39 is 40.8 Å². The van der Waals surface area contributed by atoms with E-state index in [-0.39, 0.29) is 35.6 Å². The number of amides is 2. The van der Waals surface area contributed by atoms with Gasteiger partial charge in [0, 0.05) is 31.1 Å². The molecule has 8 nitrogen and oxygen atoms in total. The lowest BCUT2D eigenvalue weighted by molar-refractivity contribution is -0.134. The first-order chi connectivity index (χ1) is 17.6. The average molecular weight is 560 g/mol. The van der Waals surface area contributed by atoms with Crippen molar-refractivity contribution in [2.24, 2.45) is 5.92 Å². The zero-order valence-electron chi connectivity index (χ0n) is 21.0. The minimum absolute atomic E-state index is 0.0560. The maximum absolute atomic E-state index is 14.8. The standard InChI is InChI=1S/C25H32ClF2N3O5S/c1-4-6-17(7-5-2)25(33)30(3)12-13-31(16-23(32)29-34)37(35)20-14-21(27)24(22(28)15-20)36-19-10-8-18(26)9-11-19/h8-11,14-15,17,34H,4-7,12-13,16H2,1-3H3,(H,29,32). The van der Waals surface area contributed by atoms with Crippen molar-refractivity contribution in [1.82, 2.24) is 14.7 Å². The number of carbonyl (C=O) groups excluding carboxylic acids is 2. The largest absolute Gasteiger partial charge is 0.451 e. The van der Waals surface area contributed by atoms with Gasteiger partial charge in [0.05, 0.1) is 11.4 Å². The van der Waals surface area contributed by atoms with Crippen LogP contribution >= 0.6 is 11.6 Å². The molecule has 0 saturated carbocycles. The molecule has 37 heavy (non-hydrogen) atoms. The Morgan fingerprint density at radius 2 is 1.65 bits per heavy atom. The Balaban J connectivity index is 2.21. The lowest BCUT2D eigenvalue weighted by Crippen LogP contribution is -2.43. The van der Waals surface area contributed by atoms with Gasteiger partial charge in [0.2, 0.25) is 5.91 Å². The molecular weight excluding hydrogens is 528 g/mol. The van der Waals surface area contributed by atoms with Crippen molar-refractivity contribution >= 4 is 34.4 Å². The highest BCUT2D eigenvalue weighted by Crippen LogP contribution is 2.30. The minimum Gasteiger partial charge on any atom is -0.451 e. The Morgan fingerprint density at radius 3 is 2.16 bits per heavy atom. The number of hydrogen-bond acceptors (Lipinski definition) is 5. The Hall–Kier alpha value is -2.60. The van der Waals surface area contributed by atoms with E-state index in [4.69, 9.17) is 21.5 Å². The molecule has 2 aromatic carbocycles. The summed E-state index contributed by atoms with van der Waals surface area (Å²) in [6, 6.07) is 7.56. The minimum atomic E-state index is -2.20.